The van der Waals surface area contributed by atoms with E-state index in [1.807, 2.05) is 17.0 Å². The zero-order valence-corrected chi connectivity index (χ0v) is 14.8. The average molecular weight is 332 g/mol. The Balaban J connectivity index is 1.61. The molecule has 2 aliphatic heterocycles. The molecular formula is C19H28N2O3. The Bertz CT molecular complexity index is 578. The van der Waals surface area contributed by atoms with Crippen molar-refractivity contribution in [1.82, 2.24) is 10.2 Å². The highest BCUT2D eigenvalue weighted by Gasteiger charge is 2.25. The summed E-state index contributed by atoms with van der Waals surface area (Å²) in [7, 11) is 0. The third kappa shape index (κ3) is 3.94. The fourth-order valence-corrected chi connectivity index (χ4v) is 3.25. The van der Waals surface area contributed by atoms with Crippen molar-refractivity contribution in [3.05, 3.63) is 23.8 Å². The van der Waals surface area contributed by atoms with Crippen molar-refractivity contribution in [2.75, 3.05) is 32.8 Å². The Labute approximate surface area is 144 Å². The predicted molar refractivity (Wildman–Crippen MR) is 93.9 cm³/mol. The van der Waals surface area contributed by atoms with E-state index in [0.29, 0.717) is 19.8 Å². The van der Waals surface area contributed by atoms with Crippen LogP contribution in [0.2, 0.25) is 0 Å². The van der Waals surface area contributed by atoms with E-state index in [0.717, 1.165) is 43.0 Å². The molecule has 2 heterocycles. The number of hydrogen-bond acceptors (Lipinski definition) is 3. The van der Waals surface area contributed by atoms with Gasteiger partial charge in [-0.2, -0.15) is 0 Å². The van der Waals surface area contributed by atoms with Gasteiger partial charge in [0.05, 0.1) is 0 Å². The molecule has 5 heteroatoms. The Kier molecular flexibility index (Phi) is 5.17. The first-order chi connectivity index (χ1) is 11.6. The monoisotopic (exact) mass is 332 g/mol. The predicted octanol–water partition coefficient (Wildman–Crippen LogP) is 3.32. The summed E-state index contributed by atoms with van der Waals surface area (Å²) >= 11 is 0. The highest BCUT2D eigenvalue weighted by atomic mass is 16.6. The second kappa shape index (κ2) is 7.32. The highest BCUT2D eigenvalue weighted by Crippen LogP contribution is 2.34. The van der Waals surface area contributed by atoms with Crippen molar-refractivity contribution in [3.8, 4) is 11.5 Å². The van der Waals surface area contributed by atoms with Crippen molar-refractivity contribution in [2.24, 2.45) is 0 Å². The first-order valence-electron chi connectivity index (χ1n) is 8.99. The molecule has 132 valence electrons. The van der Waals surface area contributed by atoms with Gasteiger partial charge in [-0.25, -0.2) is 4.79 Å². The summed E-state index contributed by atoms with van der Waals surface area (Å²) in [6.07, 6.45) is 4.68. The summed E-state index contributed by atoms with van der Waals surface area (Å²) in [5, 5.41) is 3.11. The van der Waals surface area contributed by atoms with Gasteiger partial charge in [0.25, 0.3) is 0 Å². The summed E-state index contributed by atoms with van der Waals surface area (Å²) in [5.74, 6) is 1.60. The fourth-order valence-electron chi connectivity index (χ4n) is 3.25. The third-order valence-corrected chi connectivity index (χ3v) is 4.90. The van der Waals surface area contributed by atoms with Gasteiger partial charge in [-0.3, -0.25) is 0 Å². The first kappa shape index (κ1) is 16.9. The van der Waals surface area contributed by atoms with E-state index in [-0.39, 0.29) is 11.4 Å². The smallest absolute Gasteiger partial charge is 0.317 e. The van der Waals surface area contributed by atoms with Gasteiger partial charge in [-0.05, 0) is 30.5 Å². The molecule has 0 aliphatic carbocycles. The van der Waals surface area contributed by atoms with Crippen molar-refractivity contribution < 1.29 is 14.3 Å². The Morgan fingerprint density at radius 3 is 2.46 bits per heavy atom. The molecule has 0 radical (unpaired) electrons. The van der Waals surface area contributed by atoms with Crippen LogP contribution in [0.3, 0.4) is 0 Å². The SMILES string of the molecule is CC(C)(CNC(=O)N1CCCCCC1)c1ccc2c(c1)OCCO2. The Morgan fingerprint density at radius 1 is 1.08 bits per heavy atom. The number of fused-ring (bicyclic) bond motifs is 1. The topological polar surface area (TPSA) is 50.8 Å². The molecule has 0 unspecified atom stereocenters. The number of amides is 2. The van der Waals surface area contributed by atoms with E-state index in [4.69, 9.17) is 9.47 Å². The number of nitrogens with one attached hydrogen (secondary N) is 1. The first-order valence-corrected chi connectivity index (χ1v) is 8.99. The molecule has 2 amide bonds. The third-order valence-electron chi connectivity index (χ3n) is 4.90. The molecule has 0 spiro atoms. The van der Waals surface area contributed by atoms with Gasteiger partial charge in [0.1, 0.15) is 13.2 Å². The average Bonchev–Trinajstić information content (AvgIpc) is 2.89. The number of benzene rings is 1. The molecule has 0 saturated carbocycles. The van der Waals surface area contributed by atoms with E-state index in [1.54, 1.807) is 0 Å². The summed E-state index contributed by atoms with van der Waals surface area (Å²) in [5.41, 5.74) is 0.972. The van der Waals surface area contributed by atoms with Crippen LogP contribution in [0.4, 0.5) is 4.79 Å². The summed E-state index contributed by atoms with van der Waals surface area (Å²) < 4.78 is 11.3. The summed E-state index contributed by atoms with van der Waals surface area (Å²) in [6.45, 7) is 7.81. The van der Waals surface area contributed by atoms with Crippen molar-refractivity contribution in [3.63, 3.8) is 0 Å². The molecule has 0 bridgehead atoms. The van der Waals surface area contributed by atoms with Crippen LogP contribution in [-0.4, -0.2) is 43.8 Å². The molecule has 2 aliphatic rings. The van der Waals surface area contributed by atoms with Crippen LogP contribution in [0.1, 0.15) is 45.1 Å². The van der Waals surface area contributed by atoms with Gasteiger partial charge in [0, 0.05) is 25.0 Å². The lowest BCUT2D eigenvalue weighted by molar-refractivity contribution is 0.171. The molecule has 1 aromatic carbocycles. The second-order valence-electron chi connectivity index (χ2n) is 7.30. The van der Waals surface area contributed by atoms with Crippen LogP contribution in [0.15, 0.2) is 18.2 Å². The molecule has 3 rings (SSSR count). The van der Waals surface area contributed by atoms with Gasteiger partial charge in [0.2, 0.25) is 0 Å². The standard InChI is InChI=1S/C19H28N2O3/c1-19(2,14-20-18(22)21-9-5-3-4-6-10-21)15-7-8-16-17(13-15)24-12-11-23-16/h7-8,13H,3-6,9-12,14H2,1-2H3,(H,20,22). The molecule has 1 N–H and O–H groups in total. The van der Waals surface area contributed by atoms with Gasteiger partial charge in [-0.1, -0.05) is 32.8 Å². The highest BCUT2D eigenvalue weighted by molar-refractivity contribution is 5.74. The van der Waals surface area contributed by atoms with Crippen LogP contribution in [0.5, 0.6) is 11.5 Å². The van der Waals surface area contributed by atoms with Crippen LogP contribution in [0.25, 0.3) is 0 Å². The lowest BCUT2D eigenvalue weighted by Gasteiger charge is -2.29. The number of nitrogens with zero attached hydrogens (tertiary/aromatic N) is 1. The number of urea groups is 1. The minimum Gasteiger partial charge on any atom is -0.486 e. The van der Waals surface area contributed by atoms with Gasteiger partial charge in [0.15, 0.2) is 11.5 Å². The largest absolute Gasteiger partial charge is 0.486 e. The number of likely N-dealkylation sites (tertiary alicyclic amines) is 1. The van der Waals surface area contributed by atoms with E-state index in [2.05, 4.69) is 25.2 Å². The fraction of sp³-hybridized carbons (Fsp3) is 0.632. The molecule has 1 saturated heterocycles. The Morgan fingerprint density at radius 2 is 1.75 bits per heavy atom. The second-order valence-corrected chi connectivity index (χ2v) is 7.30. The van der Waals surface area contributed by atoms with Gasteiger partial charge in [-0.15, -0.1) is 0 Å². The Hall–Kier alpha value is -1.91. The van der Waals surface area contributed by atoms with Crippen LogP contribution in [0, 0.1) is 0 Å². The number of carbonyl (C=O) groups is 1. The van der Waals surface area contributed by atoms with Crippen molar-refractivity contribution in [2.45, 2.75) is 44.9 Å². The van der Waals surface area contributed by atoms with E-state index in [1.165, 1.54) is 12.8 Å². The van der Waals surface area contributed by atoms with Gasteiger partial charge < -0.3 is 19.7 Å². The van der Waals surface area contributed by atoms with E-state index in [9.17, 15) is 4.79 Å². The van der Waals surface area contributed by atoms with E-state index >= 15 is 0 Å². The minimum absolute atomic E-state index is 0.0579. The van der Waals surface area contributed by atoms with Crippen molar-refractivity contribution in [1.29, 1.82) is 0 Å². The number of carbonyl (C=O) groups excluding carboxylic acids is 1. The molecule has 0 atom stereocenters. The molecule has 24 heavy (non-hydrogen) atoms. The zero-order chi connectivity index (χ0) is 17.0. The number of ether oxygens (including phenoxy) is 2. The molecular weight excluding hydrogens is 304 g/mol. The van der Waals surface area contributed by atoms with Crippen LogP contribution in [-0.2, 0) is 5.41 Å². The van der Waals surface area contributed by atoms with Gasteiger partial charge >= 0.3 is 6.03 Å². The quantitative estimate of drug-likeness (QED) is 0.924. The molecule has 1 fully saturated rings. The zero-order valence-electron chi connectivity index (χ0n) is 14.8. The maximum absolute atomic E-state index is 12.4. The lowest BCUT2D eigenvalue weighted by atomic mass is 9.84. The van der Waals surface area contributed by atoms with Crippen LogP contribution < -0.4 is 14.8 Å². The number of hydrogen-bond donors (Lipinski definition) is 1. The lowest BCUT2D eigenvalue weighted by Crippen LogP contribution is -2.45. The minimum atomic E-state index is -0.169. The number of rotatable bonds is 3. The summed E-state index contributed by atoms with van der Waals surface area (Å²) in [4.78, 5) is 14.4. The molecule has 5 nitrogen and oxygen atoms in total. The maximum atomic E-state index is 12.4. The molecule has 0 aromatic heterocycles. The van der Waals surface area contributed by atoms with Crippen LogP contribution >= 0.6 is 0 Å². The molecule has 1 aromatic rings. The summed E-state index contributed by atoms with van der Waals surface area (Å²) in [6, 6.07) is 6.11. The van der Waals surface area contributed by atoms with E-state index < -0.39 is 0 Å². The normalized spacial score (nSPS) is 18.0. The maximum Gasteiger partial charge on any atom is 0.317 e. The van der Waals surface area contributed by atoms with Crippen molar-refractivity contribution >= 4 is 6.03 Å².